The number of thiazole rings is 1. The van der Waals surface area contributed by atoms with Gasteiger partial charge in [-0.15, -0.1) is 0 Å². The van der Waals surface area contributed by atoms with E-state index in [9.17, 15) is 4.79 Å². The minimum atomic E-state index is 0.106. The quantitative estimate of drug-likeness (QED) is 0.617. The van der Waals surface area contributed by atoms with E-state index in [1.54, 1.807) is 4.57 Å². The van der Waals surface area contributed by atoms with Crippen LogP contribution in [0.3, 0.4) is 0 Å². The number of aromatic nitrogens is 1. The summed E-state index contributed by atoms with van der Waals surface area (Å²) in [6.45, 7) is 5.79. The molecule has 5 heteroatoms. The molecule has 1 aromatic heterocycles. The van der Waals surface area contributed by atoms with Crippen LogP contribution in [0.1, 0.15) is 10.6 Å². The molecule has 0 atom stereocenters. The van der Waals surface area contributed by atoms with Crippen LogP contribution in [0, 0.1) is 13.8 Å². The summed E-state index contributed by atoms with van der Waals surface area (Å²) in [5.41, 5.74) is 1.05. The van der Waals surface area contributed by atoms with Crippen LogP contribution in [0.5, 0.6) is 0 Å². The van der Waals surface area contributed by atoms with E-state index in [0.717, 1.165) is 16.3 Å². The smallest absolute Gasteiger partial charge is 0.307 e. The van der Waals surface area contributed by atoms with Gasteiger partial charge in [-0.05, 0) is 13.8 Å². The Morgan fingerprint density at radius 3 is 2.64 bits per heavy atom. The molecule has 0 aliphatic rings. The minimum Gasteiger partial charge on any atom is -0.379 e. The first-order valence-electron chi connectivity index (χ1n) is 4.52. The first-order chi connectivity index (χ1) is 6.66. The van der Waals surface area contributed by atoms with Crippen LogP contribution < -0.4 is 4.87 Å². The van der Waals surface area contributed by atoms with E-state index in [4.69, 9.17) is 4.74 Å². The summed E-state index contributed by atoms with van der Waals surface area (Å²) in [6, 6.07) is 0. The van der Waals surface area contributed by atoms with Gasteiger partial charge in [-0.25, -0.2) is 0 Å². The molecule has 0 unspecified atom stereocenters. The van der Waals surface area contributed by atoms with Crippen LogP contribution in [-0.4, -0.2) is 23.5 Å². The first kappa shape index (κ1) is 11.8. The van der Waals surface area contributed by atoms with Gasteiger partial charge >= 0.3 is 4.87 Å². The number of thiol groups is 1. The van der Waals surface area contributed by atoms with Crippen LogP contribution in [0.15, 0.2) is 4.79 Å². The molecule has 0 radical (unpaired) electrons. The molecule has 0 aromatic carbocycles. The van der Waals surface area contributed by atoms with Gasteiger partial charge in [0.2, 0.25) is 0 Å². The van der Waals surface area contributed by atoms with E-state index in [2.05, 4.69) is 12.6 Å². The summed E-state index contributed by atoms with van der Waals surface area (Å²) < 4.78 is 7.04. The summed E-state index contributed by atoms with van der Waals surface area (Å²) in [6.07, 6.45) is 0. The van der Waals surface area contributed by atoms with Gasteiger partial charge < -0.3 is 9.30 Å². The van der Waals surface area contributed by atoms with E-state index in [1.165, 1.54) is 11.3 Å². The van der Waals surface area contributed by atoms with Crippen molar-refractivity contribution in [1.29, 1.82) is 0 Å². The molecule has 1 heterocycles. The molecule has 0 spiro atoms. The number of nitrogens with zero attached hydrogens (tertiary/aromatic N) is 1. The van der Waals surface area contributed by atoms with Crippen LogP contribution in [0.2, 0.25) is 0 Å². The molecule has 80 valence electrons. The van der Waals surface area contributed by atoms with Gasteiger partial charge in [-0.1, -0.05) is 11.3 Å². The molecule has 1 aromatic rings. The van der Waals surface area contributed by atoms with Gasteiger partial charge in [-0.2, -0.15) is 12.6 Å². The van der Waals surface area contributed by atoms with E-state index < -0.39 is 0 Å². The molecule has 0 bridgehead atoms. The number of hydrogen-bond acceptors (Lipinski definition) is 4. The fourth-order valence-electron chi connectivity index (χ4n) is 1.17. The van der Waals surface area contributed by atoms with Crippen molar-refractivity contribution >= 4 is 24.0 Å². The summed E-state index contributed by atoms with van der Waals surface area (Å²) in [5.74, 6) is 0.719. The second kappa shape index (κ2) is 5.58. The van der Waals surface area contributed by atoms with Crippen LogP contribution in [0.25, 0.3) is 0 Å². The lowest BCUT2D eigenvalue weighted by Gasteiger charge is -2.05. The maximum atomic E-state index is 11.4. The number of hydrogen-bond donors (Lipinski definition) is 1. The third kappa shape index (κ3) is 2.87. The molecule has 0 saturated heterocycles. The predicted octanol–water partition coefficient (Wildman–Crippen LogP) is 1.47. The highest BCUT2D eigenvalue weighted by Gasteiger charge is 2.06. The average Bonchev–Trinajstić information content (AvgIpc) is 2.38. The van der Waals surface area contributed by atoms with E-state index in [-0.39, 0.29) is 4.87 Å². The van der Waals surface area contributed by atoms with Gasteiger partial charge in [-0.3, -0.25) is 4.79 Å². The van der Waals surface area contributed by atoms with Gasteiger partial charge in [0.15, 0.2) is 0 Å². The zero-order valence-electron chi connectivity index (χ0n) is 8.45. The largest absolute Gasteiger partial charge is 0.379 e. The predicted molar refractivity (Wildman–Crippen MR) is 62.7 cm³/mol. The SMILES string of the molecule is Cc1sc(=O)n(CCOCCS)c1C. The molecule has 0 fully saturated rings. The van der Waals surface area contributed by atoms with Gasteiger partial charge in [0.1, 0.15) is 0 Å². The highest BCUT2D eigenvalue weighted by atomic mass is 32.1. The molecule has 1 rings (SSSR count). The van der Waals surface area contributed by atoms with Crippen molar-refractivity contribution < 1.29 is 4.74 Å². The summed E-state index contributed by atoms with van der Waals surface area (Å²) in [5, 5.41) is 0. The van der Waals surface area contributed by atoms with Crippen molar-refractivity contribution in [3.05, 3.63) is 20.2 Å². The maximum Gasteiger partial charge on any atom is 0.307 e. The Hall–Kier alpha value is -0.260. The Labute approximate surface area is 93.1 Å². The zero-order chi connectivity index (χ0) is 10.6. The molecule has 3 nitrogen and oxygen atoms in total. The normalized spacial score (nSPS) is 10.8. The zero-order valence-corrected chi connectivity index (χ0v) is 10.2. The summed E-state index contributed by atoms with van der Waals surface area (Å²) in [4.78, 5) is 12.6. The van der Waals surface area contributed by atoms with Crippen molar-refractivity contribution in [1.82, 2.24) is 4.57 Å². The van der Waals surface area contributed by atoms with E-state index in [1.807, 2.05) is 13.8 Å². The molecule has 0 aliphatic heterocycles. The Kier molecular flexibility index (Phi) is 4.71. The fourth-order valence-corrected chi connectivity index (χ4v) is 2.16. The molecule has 0 N–H and O–H groups in total. The Morgan fingerprint density at radius 1 is 1.43 bits per heavy atom. The molecule has 0 aliphatic carbocycles. The highest BCUT2D eigenvalue weighted by molar-refractivity contribution is 7.80. The highest BCUT2D eigenvalue weighted by Crippen LogP contribution is 2.08. The van der Waals surface area contributed by atoms with Gasteiger partial charge in [0, 0.05) is 16.3 Å². The molecule has 0 saturated carbocycles. The summed E-state index contributed by atoms with van der Waals surface area (Å²) >= 11 is 5.33. The van der Waals surface area contributed by atoms with Crippen molar-refractivity contribution in [3.8, 4) is 0 Å². The van der Waals surface area contributed by atoms with Crippen molar-refractivity contribution in [2.45, 2.75) is 20.4 Å². The number of aryl methyl sites for hydroxylation is 1. The lowest BCUT2D eigenvalue weighted by molar-refractivity contribution is 0.140. The lowest BCUT2D eigenvalue weighted by atomic mass is 10.4. The Bertz CT molecular complexity index is 343. The van der Waals surface area contributed by atoms with E-state index in [0.29, 0.717) is 19.8 Å². The van der Waals surface area contributed by atoms with Crippen molar-refractivity contribution in [2.24, 2.45) is 0 Å². The van der Waals surface area contributed by atoms with Crippen LogP contribution >= 0.6 is 24.0 Å². The number of rotatable bonds is 5. The minimum absolute atomic E-state index is 0.106. The molecular weight excluding hydrogens is 218 g/mol. The lowest BCUT2D eigenvalue weighted by Crippen LogP contribution is -2.18. The third-order valence-corrected chi connectivity index (χ3v) is 3.25. The monoisotopic (exact) mass is 233 g/mol. The Balaban J connectivity index is 2.54. The van der Waals surface area contributed by atoms with Crippen molar-refractivity contribution in [2.75, 3.05) is 19.0 Å². The topological polar surface area (TPSA) is 31.2 Å². The standard InChI is InChI=1S/C9H15NO2S2/c1-7-8(2)14-9(11)10(7)3-4-12-5-6-13/h13H,3-6H2,1-2H3. The van der Waals surface area contributed by atoms with Gasteiger partial charge in [0.25, 0.3) is 0 Å². The molecule has 14 heavy (non-hydrogen) atoms. The van der Waals surface area contributed by atoms with Crippen LogP contribution in [-0.2, 0) is 11.3 Å². The molecule has 0 amide bonds. The summed E-state index contributed by atoms with van der Waals surface area (Å²) in [7, 11) is 0. The Morgan fingerprint density at radius 2 is 2.14 bits per heavy atom. The maximum absolute atomic E-state index is 11.4. The third-order valence-electron chi connectivity index (χ3n) is 2.07. The second-order valence-corrected chi connectivity index (χ2v) is 4.61. The average molecular weight is 233 g/mol. The molecular formula is C9H15NO2S2. The van der Waals surface area contributed by atoms with E-state index >= 15 is 0 Å². The number of ether oxygens (including phenoxy) is 1. The fraction of sp³-hybridized carbons (Fsp3) is 0.667. The first-order valence-corrected chi connectivity index (χ1v) is 5.97. The van der Waals surface area contributed by atoms with Crippen LogP contribution in [0.4, 0.5) is 0 Å². The second-order valence-electron chi connectivity index (χ2n) is 3.00. The van der Waals surface area contributed by atoms with Gasteiger partial charge in [0.05, 0.1) is 19.8 Å². The van der Waals surface area contributed by atoms with Crippen molar-refractivity contribution in [3.63, 3.8) is 0 Å².